The average molecular weight is 691 g/mol. The van der Waals surface area contributed by atoms with E-state index < -0.39 is 0 Å². The second kappa shape index (κ2) is 12.3. The summed E-state index contributed by atoms with van der Waals surface area (Å²) >= 11 is 0. The van der Waals surface area contributed by atoms with Gasteiger partial charge >= 0.3 is 0 Å². The minimum absolute atomic E-state index is 0.266. The van der Waals surface area contributed by atoms with Crippen LogP contribution in [0.1, 0.15) is 22.6 Å². The van der Waals surface area contributed by atoms with Gasteiger partial charge in [-0.05, 0) is 105 Å². The number of fused-ring (bicyclic) bond motifs is 8. The molecule has 0 spiro atoms. The zero-order valence-electron chi connectivity index (χ0n) is 29.5. The number of anilines is 3. The summed E-state index contributed by atoms with van der Waals surface area (Å²) in [4.78, 5) is 7.23. The summed E-state index contributed by atoms with van der Waals surface area (Å²) in [7, 11) is 0. The van der Waals surface area contributed by atoms with Crippen molar-refractivity contribution < 1.29 is 4.42 Å². The zero-order chi connectivity index (χ0) is 35.6. The molecule has 3 nitrogen and oxygen atoms in total. The van der Waals surface area contributed by atoms with Crippen LogP contribution in [-0.4, -0.2) is 4.98 Å². The summed E-state index contributed by atoms with van der Waals surface area (Å²) in [5, 5.41) is 5.65. The Morgan fingerprint density at radius 2 is 1.19 bits per heavy atom. The van der Waals surface area contributed by atoms with Crippen LogP contribution in [0.15, 0.2) is 193 Å². The molecular weight excluding hydrogens is 657 g/mol. The van der Waals surface area contributed by atoms with Crippen LogP contribution in [0.25, 0.3) is 65.9 Å². The van der Waals surface area contributed by atoms with Crippen molar-refractivity contribution in [2.45, 2.75) is 12.3 Å². The summed E-state index contributed by atoms with van der Waals surface area (Å²) in [5.74, 6) is 0.266. The van der Waals surface area contributed by atoms with Crippen LogP contribution < -0.4 is 4.90 Å². The van der Waals surface area contributed by atoms with Crippen LogP contribution in [0.2, 0.25) is 0 Å². The molecular formula is C51H34N2O. The first-order valence-corrected chi connectivity index (χ1v) is 18.6. The van der Waals surface area contributed by atoms with Gasteiger partial charge in [-0.2, -0.15) is 0 Å². The molecule has 1 aliphatic carbocycles. The maximum Gasteiger partial charge on any atom is 0.160 e. The van der Waals surface area contributed by atoms with E-state index in [4.69, 9.17) is 9.40 Å². The predicted molar refractivity (Wildman–Crippen MR) is 224 cm³/mol. The lowest BCUT2D eigenvalue weighted by Gasteiger charge is -2.30. The lowest BCUT2D eigenvalue weighted by Crippen LogP contribution is -2.14. The molecule has 54 heavy (non-hydrogen) atoms. The summed E-state index contributed by atoms with van der Waals surface area (Å²) < 4.78 is 6.78. The fourth-order valence-corrected chi connectivity index (χ4v) is 8.76. The standard InChI is InChI=1S/C51H34N2O/c1-3-14-39-33(11-1)13-9-19-40(39)34-22-26-37(27-23-34)53(50-45-20-10-30-52-48(45)32-47-44-18-7-8-21-49(44)54-51(47)50)38-28-24-35(25-29-38)46-31-36-12-2-4-15-41(36)42-16-5-6-17-43(42)46/h1-30,32,46H,31H2. The number of rotatable bonds is 5. The lowest BCUT2D eigenvalue weighted by molar-refractivity contribution is 0.669. The van der Waals surface area contributed by atoms with Gasteiger partial charge in [0.25, 0.3) is 0 Å². The van der Waals surface area contributed by atoms with Crippen molar-refractivity contribution >= 4 is 60.7 Å². The molecule has 11 rings (SSSR count). The lowest BCUT2D eigenvalue weighted by atomic mass is 9.76. The van der Waals surface area contributed by atoms with Gasteiger partial charge in [-0.15, -0.1) is 0 Å². The fourth-order valence-electron chi connectivity index (χ4n) is 8.76. The molecule has 8 aromatic carbocycles. The Labute approximate surface area is 313 Å². The number of aromatic nitrogens is 1. The molecule has 1 atom stereocenters. The van der Waals surface area contributed by atoms with Crippen LogP contribution in [0, 0.1) is 0 Å². The van der Waals surface area contributed by atoms with E-state index in [1.165, 1.54) is 49.7 Å². The zero-order valence-corrected chi connectivity index (χ0v) is 29.5. The number of para-hydroxylation sites is 1. The second-order valence-corrected chi connectivity index (χ2v) is 14.3. The summed E-state index contributed by atoms with van der Waals surface area (Å²) in [5.41, 5.74) is 14.9. The first-order chi connectivity index (χ1) is 26.8. The third-order valence-corrected chi connectivity index (χ3v) is 11.3. The van der Waals surface area contributed by atoms with E-state index in [0.717, 1.165) is 56.3 Å². The van der Waals surface area contributed by atoms with Crippen molar-refractivity contribution in [3.8, 4) is 22.3 Å². The van der Waals surface area contributed by atoms with E-state index in [1.807, 2.05) is 18.3 Å². The highest BCUT2D eigenvalue weighted by atomic mass is 16.3. The molecule has 2 heterocycles. The molecule has 0 saturated carbocycles. The Morgan fingerprint density at radius 1 is 0.519 bits per heavy atom. The van der Waals surface area contributed by atoms with Crippen LogP contribution in [0.4, 0.5) is 17.1 Å². The number of furan rings is 1. The van der Waals surface area contributed by atoms with Crippen LogP contribution in [0.3, 0.4) is 0 Å². The first kappa shape index (κ1) is 30.6. The molecule has 0 amide bonds. The largest absolute Gasteiger partial charge is 0.454 e. The molecule has 254 valence electrons. The molecule has 0 fully saturated rings. The van der Waals surface area contributed by atoms with Gasteiger partial charge in [0, 0.05) is 39.6 Å². The van der Waals surface area contributed by atoms with Crippen LogP contribution >= 0.6 is 0 Å². The molecule has 3 heteroatoms. The third kappa shape index (κ3) is 4.86. The van der Waals surface area contributed by atoms with Gasteiger partial charge in [0.1, 0.15) is 5.58 Å². The van der Waals surface area contributed by atoms with Crippen molar-refractivity contribution in [2.24, 2.45) is 0 Å². The fraction of sp³-hybridized carbons (Fsp3) is 0.0392. The Hall–Kier alpha value is -6.97. The maximum atomic E-state index is 6.78. The van der Waals surface area contributed by atoms with Crippen molar-refractivity contribution in [3.63, 3.8) is 0 Å². The number of hydrogen-bond acceptors (Lipinski definition) is 3. The SMILES string of the molecule is c1ccc2c(c1)CC(c1ccc(N(c3ccc(-c4cccc5ccccc45)cc3)c3c4cccnc4cc4c3oc3ccccc34)cc1)c1ccccc1-2. The average Bonchev–Trinajstić information content (AvgIpc) is 3.62. The highest BCUT2D eigenvalue weighted by Crippen LogP contribution is 2.48. The summed E-state index contributed by atoms with van der Waals surface area (Å²) in [6, 6.07) is 65.7. The highest BCUT2D eigenvalue weighted by Gasteiger charge is 2.27. The Kier molecular flexibility index (Phi) is 6.99. The van der Waals surface area contributed by atoms with Crippen molar-refractivity contribution in [3.05, 3.63) is 205 Å². The maximum absolute atomic E-state index is 6.78. The summed E-state index contributed by atoms with van der Waals surface area (Å²) in [6.45, 7) is 0. The number of nitrogens with zero attached hydrogens (tertiary/aromatic N) is 2. The molecule has 0 N–H and O–H groups in total. The van der Waals surface area contributed by atoms with Gasteiger partial charge in [-0.1, -0.05) is 133 Å². The van der Waals surface area contributed by atoms with Gasteiger partial charge in [0.15, 0.2) is 5.58 Å². The topological polar surface area (TPSA) is 29.3 Å². The number of hydrogen-bond donors (Lipinski definition) is 0. The molecule has 0 radical (unpaired) electrons. The molecule has 0 saturated heterocycles. The van der Waals surface area contributed by atoms with E-state index in [2.05, 4.69) is 175 Å². The number of pyridine rings is 1. The van der Waals surface area contributed by atoms with E-state index >= 15 is 0 Å². The van der Waals surface area contributed by atoms with E-state index in [0.29, 0.717) is 0 Å². The van der Waals surface area contributed by atoms with Gasteiger partial charge in [0.2, 0.25) is 0 Å². The normalized spacial score (nSPS) is 13.7. The molecule has 1 unspecified atom stereocenters. The molecule has 1 aliphatic rings. The quantitative estimate of drug-likeness (QED) is 0.180. The van der Waals surface area contributed by atoms with Crippen LogP contribution in [-0.2, 0) is 6.42 Å². The second-order valence-electron chi connectivity index (χ2n) is 14.3. The van der Waals surface area contributed by atoms with Gasteiger partial charge in [-0.3, -0.25) is 4.98 Å². The molecule has 2 aromatic heterocycles. The number of benzene rings is 8. The van der Waals surface area contributed by atoms with E-state index in [9.17, 15) is 0 Å². The summed E-state index contributed by atoms with van der Waals surface area (Å²) in [6.07, 6.45) is 2.85. The Morgan fingerprint density at radius 3 is 2.06 bits per heavy atom. The molecule has 0 aliphatic heterocycles. The van der Waals surface area contributed by atoms with Crippen LogP contribution in [0.5, 0.6) is 0 Å². The van der Waals surface area contributed by atoms with Crippen molar-refractivity contribution in [2.75, 3.05) is 4.90 Å². The van der Waals surface area contributed by atoms with Gasteiger partial charge in [0.05, 0.1) is 11.2 Å². The minimum atomic E-state index is 0.266. The van der Waals surface area contributed by atoms with E-state index in [1.54, 1.807) is 0 Å². The molecule has 10 aromatic rings. The van der Waals surface area contributed by atoms with E-state index in [-0.39, 0.29) is 5.92 Å². The monoisotopic (exact) mass is 690 g/mol. The molecule has 0 bridgehead atoms. The highest BCUT2D eigenvalue weighted by molar-refractivity contribution is 6.18. The predicted octanol–water partition coefficient (Wildman–Crippen LogP) is 13.8. The third-order valence-electron chi connectivity index (χ3n) is 11.3. The smallest absolute Gasteiger partial charge is 0.160 e. The first-order valence-electron chi connectivity index (χ1n) is 18.6. The Bertz CT molecular complexity index is 3030. The minimum Gasteiger partial charge on any atom is -0.454 e. The van der Waals surface area contributed by atoms with Crippen molar-refractivity contribution in [1.82, 2.24) is 4.98 Å². The van der Waals surface area contributed by atoms with Crippen molar-refractivity contribution in [1.29, 1.82) is 0 Å². The Balaban J connectivity index is 1.10. The van der Waals surface area contributed by atoms with Gasteiger partial charge < -0.3 is 9.32 Å². The van der Waals surface area contributed by atoms with Gasteiger partial charge in [-0.25, -0.2) is 0 Å².